The van der Waals surface area contributed by atoms with Gasteiger partial charge in [-0.3, -0.25) is 14.2 Å². The van der Waals surface area contributed by atoms with Crippen molar-refractivity contribution in [3.05, 3.63) is 81.4 Å². The van der Waals surface area contributed by atoms with Gasteiger partial charge in [-0.2, -0.15) is 13.2 Å². The number of benzene rings is 2. The Morgan fingerprint density at radius 3 is 2.48 bits per heavy atom. The van der Waals surface area contributed by atoms with E-state index in [9.17, 15) is 22.8 Å². The third-order valence-corrected chi connectivity index (χ3v) is 5.41. The molecule has 6 nitrogen and oxygen atoms in total. The average Bonchev–Trinajstić information content (AvgIpc) is 3.52. The molecule has 1 saturated carbocycles. The van der Waals surface area contributed by atoms with E-state index in [0.717, 1.165) is 23.8 Å². The number of carboxylic acid groups (broad SMARTS) is 1. The summed E-state index contributed by atoms with van der Waals surface area (Å²) in [5.41, 5.74) is 0.0996. The fraction of sp³-hybridized carbons (Fsp3) is 0.190. The maximum Gasteiger partial charge on any atom is 0.416 e. The fourth-order valence-corrected chi connectivity index (χ4v) is 3.57. The number of aliphatic carboxylic acids is 1. The molecule has 0 amide bonds. The zero-order chi connectivity index (χ0) is 22.3. The first-order valence-electron chi connectivity index (χ1n) is 9.19. The van der Waals surface area contributed by atoms with E-state index in [4.69, 9.17) is 16.7 Å². The first-order chi connectivity index (χ1) is 14.6. The summed E-state index contributed by atoms with van der Waals surface area (Å²) in [4.78, 5) is 27.8. The molecule has 0 saturated heterocycles. The van der Waals surface area contributed by atoms with Gasteiger partial charge < -0.3 is 10.4 Å². The Labute approximate surface area is 178 Å². The second-order valence-electron chi connectivity index (χ2n) is 7.15. The molecule has 31 heavy (non-hydrogen) atoms. The van der Waals surface area contributed by atoms with Crippen LogP contribution in [0.5, 0.6) is 0 Å². The number of carbonyl (C=O) groups is 1. The number of carboxylic acids is 1. The Morgan fingerprint density at radius 1 is 1.19 bits per heavy atom. The van der Waals surface area contributed by atoms with Crippen LogP contribution in [-0.4, -0.2) is 20.6 Å². The van der Waals surface area contributed by atoms with E-state index in [2.05, 4.69) is 10.3 Å². The summed E-state index contributed by atoms with van der Waals surface area (Å²) in [6.45, 7) is 0. The van der Waals surface area contributed by atoms with Crippen LogP contribution in [0.15, 0.2) is 59.7 Å². The molecule has 0 bridgehead atoms. The third kappa shape index (κ3) is 4.27. The van der Waals surface area contributed by atoms with E-state index < -0.39 is 23.3 Å². The summed E-state index contributed by atoms with van der Waals surface area (Å²) in [7, 11) is 0. The molecule has 2 atom stereocenters. The van der Waals surface area contributed by atoms with Crippen LogP contribution in [-0.2, 0) is 11.0 Å². The van der Waals surface area contributed by atoms with E-state index in [1.807, 2.05) is 0 Å². The molecule has 0 spiro atoms. The highest BCUT2D eigenvalue weighted by atomic mass is 35.5. The summed E-state index contributed by atoms with van der Waals surface area (Å²) in [5, 5.41) is 11.5. The molecule has 3 aromatic rings. The topological polar surface area (TPSA) is 84.2 Å². The Kier molecular flexibility index (Phi) is 5.22. The molecule has 1 fully saturated rings. The number of anilines is 2. The lowest BCUT2D eigenvalue weighted by molar-refractivity contribution is -0.139. The van der Waals surface area contributed by atoms with E-state index in [1.165, 1.54) is 17.0 Å². The molecule has 160 valence electrons. The molecule has 10 heteroatoms. The molecule has 4 rings (SSSR count). The van der Waals surface area contributed by atoms with Crippen molar-refractivity contribution in [1.82, 2.24) is 9.55 Å². The van der Waals surface area contributed by atoms with Crippen LogP contribution in [0.3, 0.4) is 0 Å². The van der Waals surface area contributed by atoms with Crippen molar-refractivity contribution in [3.8, 4) is 5.69 Å². The number of aromatic nitrogens is 2. The molecule has 1 heterocycles. The predicted octanol–water partition coefficient (Wildman–Crippen LogP) is 4.84. The van der Waals surface area contributed by atoms with Gasteiger partial charge >= 0.3 is 12.1 Å². The van der Waals surface area contributed by atoms with Crippen LogP contribution in [0.1, 0.15) is 23.5 Å². The molecule has 0 unspecified atom stereocenters. The predicted molar refractivity (Wildman–Crippen MR) is 108 cm³/mol. The lowest BCUT2D eigenvalue weighted by atomic mass is 10.1. The maximum absolute atomic E-state index is 12.8. The Hall–Kier alpha value is -3.33. The number of halogens is 4. The van der Waals surface area contributed by atoms with Crippen molar-refractivity contribution in [2.75, 3.05) is 5.32 Å². The Balaban J connectivity index is 1.58. The normalized spacial score (nSPS) is 17.9. The van der Waals surface area contributed by atoms with Crippen molar-refractivity contribution in [2.24, 2.45) is 5.92 Å². The molecular formula is C21H15ClF3N3O3. The SMILES string of the molecule is O=C(O)[C@@H]1C[C@H]1c1ccc(-n2ccnc(Nc3ccc(C(F)(F)F)cc3Cl)c2=O)cc1. The summed E-state index contributed by atoms with van der Waals surface area (Å²) in [6, 6.07) is 9.70. The van der Waals surface area contributed by atoms with Crippen molar-refractivity contribution in [2.45, 2.75) is 18.5 Å². The van der Waals surface area contributed by atoms with Gasteiger partial charge in [0.2, 0.25) is 0 Å². The van der Waals surface area contributed by atoms with Gasteiger partial charge in [-0.1, -0.05) is 23.7 Å². The summed E-state index contributed by atoms with van der Waals surface area (Å²) in [6.07, 6.45) is -1.12. The van der Waals surface area contributed by atoms with Gasteiger partial charge in [0.15, 0.2) is 5.82 Å². The molecule has 2 N–H and O–H groups in total. The zero-order valence-corrected chi connectivity index (χ0v) is 16.5. The smallest absolute Gasteiger partial charge is 0.416 e. The van der Waals surface area contributed by atoms with Gasteiger partial charge in [-0.05, 0) is 48.2 Å². The number of rotatable bonds is 5. The third-order valence-electron chi connectivity index (χ3n) is 5.10. The molecule has 0 radical (unpaired) electrons. The fourth-order valence-electron chi connectivity index (χ4n) is 3.34. The van der Waals surface area contributed by atoms with E-state index in [1.54, 1.807) is 24.3 Å². The number of nitrogens with zero attached hydrogens (tertiary/aromatic N) is 2. The second-order valence-corrected chi connectivity index (χ2v) is 7.55. The first-order valence-corrected chi connectivity index (χ1v) is 9.57. The molecule has 2 aromatic carbocycles. The second kappa shape index (κ2) is 7.73. The quantitative estimate of drug-likeness (QED) is 0.582. The minimum absolute atomic E-state index is 0.0280. The largest absolute Gasteiger partial charge is 0.481 e. The van der Waals surface area contributed by atoms with Gasteiger partial charge in [0.1, 0.15) is 0 Å². The number of hydrogen-bond acceptors (Lipinski definition) is 4. The highest BCUT2D eigenvalue weighted by Crippen LogP contribution is 2.47. The monoisotopic (exact) mass is 449 g/mol. The van der Waals surface area contributed by atoms with Crippen LogP contribution in [0.25, 0.3) is 5.69 Å². The Morgan fingerprint density at radius 2 is 1.90 bits per heavy atom. The van der Waals surface area contributed by atoms with Gasteiger partial charge in [0.25, 0.3) is 5.56 Å². The zero-order valence-electron chi connectivity index (χ0n) is 15.7. The molecule has 0 aliphatic heterocycles. The molecule has 1 aliphatic rings. The van der Waals surface area contributed by atoms with Crippen molar-refractivity contribution in [1.29, 1.82) is 0 Å². The summed E-state index contributed by atoms with van der Waals surface area (Å²) >= 11 is 5.94. The van der Waals surface area contributed by atoms with Crippen molar-refractivity contribution in [3.63, 3.8) is 0 Å². The molecule has 1 aromatic heterocycles. The average molecular weight is 450 g/mol. The van der Waals surface area contributed by atoms with Crippen LogP contribution in [0.4, 0.5) is 24.7 Å². The molecular weight excluding hydrogens is 435 g/mol. The van der Waals surface area contributed by atoms with Crippen molar-refractivity contribution < 1.29 is 23.1 Å². The standard InChI is InChI=1S/C21H15ClF3N3O3/c22-16-9-12(21(23,24)25)3-6-17(16)27-18-19(29)28(8-7-26-18)13-4-1-11(2-5-13)14-10-15(14)20(30)31/h1-9,14-15H,10H2,(H,26,27)(H,30,31)/t14-,15+/m0/s1. The van der Waals surface area contributed by atoms with Gasteiger partial charge in [0, 0.05) is 18.1 Å². The first kappa shape index (κ1) is 20.9. The highest BCUT2D eigenvalue weighted by molar-refractivity contribution is 6.33. The van der Waals surface area contributed by atoms with Crippen LogP contribution >= 0.6 is 11.6 Å². The number of nitrogens with one attached hydrogen (secondary N) is 1. The number of alkyl halides is 3. The minimum atomic E-state index is -4.53. The van der Waals surface area contributed by atoms with Gasteiger partial charge in [-0.25, -0.2) is 4.98 Å². The highest BCUT2D eigenvalue weighted by Gasteiger charge is 2.44. The van der Waals surface area contributed by atoms with Crippen LogP contribution < -0.4 is 10.9 Å². The summed E-state index contributed by atoms with van der Waals surface area (Å²) < 4.78 is 39.7. The molecule has 1 aliphatic carbocycles. The Bertz CT molecular complexity index is 1210. The van der Waals surface area contributed by atoms with E-state index >= 15 is 0 Å². The van der Waals surface area contributed by atoms with Crippen LogP contribution in [0, 0.1) is 5.92 Å². The lowest BCUT2D eigenvalue weighted by Gasteiger charge is -2.12. The van der Waals surface area contributed by atoms with Gasteiger partial charge in [-0.15, -0.1) is 0 Å². The maximum atomic E-state index is 12.8. The van der Waals surface area contributed by atoms with Crippen LogP contribution in [0.2, 0.25) is 5.02 Å². The minimum Gasteiger partial charge on any atom is -0.481 e. The summed E-state index contributed by atoms with van der Waals surface area (Å²) in [5.74, 6) is -1.34. The lowest BCUT2D eigenvalue weighted by Crippen LogP contribution is -2.22. The van der Waals surface area contributed by atoms with Gasteiger partial charge in [0.05, 0.1) is 22.2 Å². The van der Waals surface area contributed by atoms with E-state index in [-0.39, 0.29) is 28.4 Å². The number of hydrogen-bond donors (Lipinski definition) is 2. The van der Waals surface area contributed by atoms with E-state index in [0.29, 0.717) is 12.1 Å². The van der Waals surface area contributed by atoms with Crippen molar-refractivity contribution >= 4 is 29.1 Å².